The summed E-state index contributed by atoms with van der Waals surface area (Å²) < 4.78 is 10.2. The Morgan fingerprint density at radius 3 is 2.27 bits per heavy atom. The lowest BCUT2D eigenvalue weighted by Gasteiger charge is -2.38. The van der Waals surface area contributed by atoms with Crippen molar-refractivity contribution < 1.29 is 49.4 Å². The van der Waals surface area contributed by atoms with E-state index >= 15 is 0 Å². The van der Waals surface area contributed by atoms with Crippen LogP contribution in [0.25, 0.3) is 0 Å². The SMILES string of the molecule is CC(=O)Nc1ccc(OC2OC(C(=O)O)C(O)C(O)C2O)c(C(=O)O)c1. The topological polar surface area (TPSA) is 183 Å². The second-order valence-electron chi connectivity index (χ2n) is 5.55. The van der Waals surface area contributed by atoms with Crippen LogP contribution in [0.3, 0.4) is 0 Å². The van der Waals surface area contributed by atoms with Gasteiger partial charge in [0.2, 0.25) is 12.2 Å². The summed E-state index contributed by atoms with van der Waals surface area (Å²) in [6, 6.07) is 3.57. The Labute approximate surface area is 146 Å². The van der Waals surface area contributed by atoms with Gasteiger partial charge in [0.1, 0.15) is 29.6 Å². The molecule has 0 aromatic heterocycles. The number of aliphatic carboxylic acids is 1. The third-order valence-corrected chi connectivity index (χ3v) is 3.59. The minimum atomic E-state index is -1.90. The van der Waals surface area contributed by atoms with E-state index in [1.165, 1.54) is 13.0 Å². The zero-order valence-corrected chi connectivity index (χ0v) is 13.4. The van der Waals surface area contributed by atoms with Gasteiger partial charge >= 0.3 is 11.9 Å². The van der Waals surface area contributed by atoms with Gasteiger partial charge in [0.25, 0.3) is 0 Å². The lowest BCUT2D eigenvalue weighted by Crippen LogP contribution is -2.61. The number of hydrogen-bond acceptors (Lipinski definition) is 8. The van der Waals surface area contributed by atoms with Gasteiger partial charge in [0.15, 0.2) is 6.10 Å². The van der Waals surface area contributed by atoms with Gasteiger partial charge in [0.05, 0.1) is 0 Å². The summed E-state index contributed by atoms with van der Waals surface area (Å²) in [6.45, 7) is 1.23. The Morgan fingerprint density at radius 2 is 1.73 bits per heavy atom. The van der Waals surface area contributed by atoms with Crippen molar-refractivity contribution >= 4 is 23.5 Å². The van der Waals surface area contributed by atoms with Crippen LogP contribution >= 0.6 is 0 Å². The van der Waals surface area contributed by atoms with E-state index in [0.29, 0.717) is 0 Å². The molecule has 11 heteroatoms. The normalized spacial score (nSPS) is 28.2. The molecule has 1 saturated heterocycles. The van der Waals surface area contributed by atoms with E-state index in [2.05, 4.69) is 5.32 Å². The molecule has 1 fully saturated rings. The van der Waals surface area contributed by atoms with Crippen LogP contribution in [0.1, 0.15) is 17.3 Å². The molecule has 0 radical (unpaired) electrons. The number of carbonyl (C=O) groups is 3. The molecule has 0 bridgehead atoms. The first-order valence-corrected chi connectivity index (χ1v) is 7.36. The van der Waals surface area contributed by atoms with E-state index in [9.17, 15) is 34.8 Å². The van der Waals surface area contributed by atoms with Crippen molar-refractivity contribution in [3.8, 4) is 5.75 Å². The average Bonchev–Trinajstić information content (AvgIpc) is 2.55. The highest BCUT2D eigenvalue weighted by molar-refractivity contribution is 5.95. The number of rotatable bonds is 5. The fourth-order valence-electron chi connectivity index (χ4n) is 2.36. The van der Waals surface area contributed by atoms with E-state index in [1.807, 2.05) is 0 Å². The molecular weight excluding hydrogens is 354 g/mol. The molecule has 1 aromatic carbocycles. The number of carboxylic acids is 2. The van der Waals surface area contributed by atoms with E-state index in [4.69, 9.17) is 14.6 Å². The average molecular weight is 371 g/mol. The molecule has 5 atom stereocenters. The second kappa shape index (κ2) is 7.66. The minimum absolute atomic E-state index is 0.172. The number of amides is 1. The van der Waals surface area contributed by atoms with Gasteiger partial charge in [-0.25, -0.2) is 9.59 Å². The summed E-state index contributed by atoms with van der Waals surface area (Å²) in [6.07, 6.45) is -9.26. The van der Waals surface area contributed by atoms with E-state index in [0.717, 1.165) is 12.1 Å². The number of carboxylic acid groups (broad SMARTS) is 2. The van der Waals surface area contributed by atoms with Crippen molar-refractivity contribution in [2.75, 3.05) is 5.32 Å². The maximum atomic E-state index is 11.4. The number of aromatic carboxylic acids is 1. The zero-order valence-electron chi connectivity index (χ0n) is 13.4. The van der Waals surface area contributed by atoms with Crippen LogP contribution in [-0.2, 0) is 14.3 Å². The molecule has 0 spiro atoms. The van der Waals surface area contributed by atoms with E-state index in [1.54, 1.807) is 0 Å². The number of carbonyl (C=O) groups excluding carboxylic acids is 1. The molecule has 6 N–H and O–H groups in total. The predicted molar refractivity (Wildman–Crippen MR) is 82.7 cm³/mol. The van der Waals surface area contributed by atoms with Crippen LogP contribution in [0.4, 0.5) is 5.69 Å². The Balaban J connectivity index is 2.29. The summed E-state index contributed by atoms with van der Waals surface area (Å²) in [5, 5.41) is 49.9. The smallest absolute Gasteiger partial charge is 0.339 e. The highest BCUT2D eigenvalue weighted by Crippen LogP contribution is 2.28. The van der Waals surface area contributed by atoms with Crippen LogP contribution < -0.4 is 10.1 Å². The molecule has 2 rings (SSSR count). The van der Waals surface area contributed by atoms with Gasteiger partial charge in [-0.1, -0.05) is 0 Å². The Morgan fingerprint density at radius 1 is 1.08 bits per heavy atom. The van der Waals surface area contributed by atoms with Crippen LogP contribution in [0.15, 0.2) is 18.2 Å². The molecular formula is C15H17NO10. The number of benzene rings is 1. The monoisotopic (exact) mass is 371 g/mol. The second-order valence-corrected chi connectivity index (χ2v) is 5.55. The Bertz CT molecular complexity index is 720. The van der Waals surface area contributed by atoms with Crippen molar-refractivity contribution in [2.24, 2.45) is 0 Å². The van der Waals surface area contributed by atoms with Gasteiger partial charge in [0, 0.05) is 12.6 Å². The fraction of sp³-hybridized carbons (Fsp3) is 0.400. The molecule has 26 heavy (non-hydrogen) atoms. The van der Waals surface area contributed by atoms with Crippen molar-refractivity contribution in [3.63, 3.8) is 0 Å². The third kappa shape index (κ3) is 4.08. The molecule has 0 saturated carbocycles. The number of hydrogen-bond donors (Lipinski definition) is 6. The first-order chi connectivity index (χ1) is 12.1. The molecule has 5 unspecified atom stereocenters. The van der Waals surface area contributed by atoms with Crippen LogP contribution in [-0.4, -0.2) is 74.1 Å². The number of aliphatic hydroxyl groups excluding tert-OH is 3. The largest absolute Gasteiger partial charge is 0.479 e. The number of anilines is 1. The lowest BCUT2D eigenvalue weighted by molar-refractivity contribution is -0.271. The summed E-state index contributed by atoms with van der Waals surface area (Å²) >= 11 is 0. The molecule has 1 amide bonds. The highest BCUT2D eigenvalue weighted by Gasteiger charge is 2.48. The molecule has 1 heterocycles. The van der Waals surface area contributed by atoms with Gasteiger partial charge in [-0.05, 0) is 18.2 Å². The lowest BCUT2D eigenvalue weighted by atomic mass is 9.99. The number of aliphatic hydroxyl groups is 3. The summed E-state index contributed by atoms with van der Waals surface area (Å²) in [5.41, 5.74) is -0.231. The quantitative estimate of drug-likeness (QED) is 0.360. The summed E-state index contributed by atoms with van der Waals surface area (Å²) in [4.78, 5) is 33.5. The maximum absolute atomic E-state index is 11.4. The van der Waals surface area contributed by atoms with Gasteiger partial charge < -0.3 is 40.3 Å². The first kappa shape index (κ1) is 19.6. The number of ether oxygens (including phenoxy) is 2. The Hall–Kier alpha value is -2.73. The van der Waals surface area contributed by atoms with Crippen LogP contribution in [0.2, 0.25) is 0 Å². The zero-order chi connectivity index (χ0) is 19.6. The van der Waals surface area contributed by atoms with Crippen molar-refractivity contribution in [2.45, 2.75) is 37.6 Å². The van der Waals surface area contributed by atoms with E-state index in [-0.39, 0.29) is 11.4 Å². The number of nitrogens with one attached hydrogen (secondary N) is 1. The van der Waals surface area contributed by atoms with Gasteiger partial charge in [-0.2, -0.15) is 0 Å². The van der Waals surface area contributed by atoms with Gasteiger partial charge in [-0.3, -0.25) is 4.79 Å². The standard InChI is InChI=1S/C15H17NO10/c1-5(17)16-6-2-3-8(7(4-6)13(21)22)25-15-11(20)9(18)10(19)12(26-15)14(23)24/h2-4,9-12,15,18-20H,1H3,(H,16,17)(H,21,22)(H,23,24). The molecule has 142 valence electrons. The van der Waals surface area contributed by atoms with Crippen molar-refractivity contribution in [1.82, 2.24) is 0 Å². The van der Waals surface area contributed by atoms with Gasteiger partial charge in [-0.15, -0.1) is 0 Å². The molecule has 1 aromatic rings. The molecule has 1 aliphatic rings. The third-order valence-electron chi connectivity index (χ3n) is 3.59. The molecule has 1 aliphatic heterocycles. The first-order valence-electron chi connectivity index (χ1n) is 7.36. The predicted octanol–water partition coefficient (Wildman–Crippen LogP) is -1.39. The van der Waals surface area contributed by atoms with Crippen LogP contribution in [0.5, 0.6) is 5.75 Å². The maximum Gasteiger partial charge on any atom is 0.339 e. The highest BCUT2D eigenvalue weighted by atomic mass is 16.7. The summed E-state index contributed by atoms with van der Waals surface area (Å²) in [7, 11) is 0. The van der Waals surface area contributed by atoms with Crippen molar-refractivity contribution in [3.05, 3.63) is 23.8 Å². The summed E-state index contributed by atoms with van der Waals surface area (Å²) in [5.74, 6) is -3.75. The van der Waals surface area contributed by atoms with Crippen molar-refractivity contribution in [1.29, 1.82) is 0 Å². The molecule has 0 aliphatic carbocycles. The van der Waals surface area contributed by atoms with Crippen LogP contribution in [0, 0.1) is 0 Å². The minimum Gasteiger partial charge on any atom is -0.479 e. The Kier molecular flexibility index (Phi) is 5.77. The molecule has 11 nitrogen and oxygen atoms in total. The fourth-order valence-corrected chi connectivity index (χ4v) is 2.36. The van der Waals surface area contributed by atoms with E-state index < -0.39 is 54.1 Å².